The number of sulfonamides is 1. The molecule has 0 amide bonds. The molecule has 0 radical (unpaired) electrons. The standard InChI is InChI=1S/C9H20N2O4S2/c1-8-5-9(10)7-11(6-8)17(14,15)4-3-16(2,12)13/h8-9H,3-7,10H2,1-2H3. The highest BCUT2D eigenvalue weighted by molar-refractivity contribution is 7.93. The quantitative estimate of drug-likeness (QED) is 0.716. The van der Waals surface area contributed by atoms with E-state index in [0.717, 1.165) is 12.7 Å². The van der Waals surface area contributed by atoms with Crippen LogP contribution in [-0.4, -0.2) is 58.0 Å². The van der Waals surface area contributed by atoms with Crippen LogP contribution in [0.1, 0.15) is 13.3 Å². The Hall–Kier alpha value is -0.180. The van der Waals surface area contributed by atoms with E-state index >= 15 is 0 Å². The molecule has 1 rings (SSSR count). The third kappa shape index (κ3) is 4.90. The van der Waals surface area contributed by atoms with Gasteiger partial charge in [0.1, 0.15) is 9.84 Å². The molecule has 102 valence electrons. The third-order valence-electron chi connectivity index (χ3n) is 2.76. The molecule has 0 aromatic heterocycles. The number of hydrogen-bond acceptors (Lipinski definition) is 5. The van der Waals surface area contributed by atoms with Crippen molar-refractivity contribution in [2.24, 2.45) is 11.7 Å². The number of nitrogens with two attached hydrogens (primary N) is 1. The molecule has 1 fully saturated rings. The second kappa shape index (κ2) is 5.21. The number of sulfone groups is 1. The Balaban J connectivity index is 2.70. The van der Waals surface area contributed by atoms with Crippen molar-refractivity contribution in [3.05, 3.63) is 0 Å². The summed E-state index contributed by atoms with van der Waals surface area (Å²) in [6.45, 7) is 2.66. The lowest BCUT2D eigenvalue weighted by atomic mass is 9.99. The van der Waals surface area contributed by atoms with Crippen molar-refractivity contribution in [2.75, 3.05) is 30.9 Å². The molecule has 2 unspecified atom stereocenters. The van der Waals surface area contributed by atoms with Gasteiger partial charge in [0.05, 0.1) is 11.5 Å². The molecule has 6 nitrogen and oxygen atoms in total. The van der Waals surface area contributed by atoms with Crippen LogP contribution in [0.15, 0.2) is 0 Å². The lowest BCUT2D eigenvalue weighted by Gasteiger charge is -2.33. The van der Waals surface area contributed by atoms with E-state index in [0.29, 0.717) is 6.54 Å². The minimum absolute atomic E-state index is 0.160. The summed E-state index contributed by atoms with van der Waals surface area (Å²) >= 11 is 0. The van der Waals surface area contributed by atoms with Crippen LogP contribution in [0.5, 0.6) is 0 Å². The summed E-state index contributed by atoms with van der Waals surface area (Å²) in [5, 5.41) is 0. The van der Waals surface area contributed by atoms with Crippen molar-refractivity contribution in [2.45, 2.75) is 19.4 Å². The van der Waals surface area contributed by atoms with Crippen LogP contribution in [0.2, 0.25) is 0 Å². The highest BCUT2D eigenvalue weighted by Gasteiger charge is 2.31. The van der Waals surface area contributed by atoms with Crippen molar-refractivity contribution in [3.8, 4) is 0 Å². The third-order valence-corrected chi connectivity index (χ3v) is 5.77. The summed E-state index contributed by atoms with van der Waals surface area (Å²) in [5.41, 5.74) is 5.77. The van der Waals surface area contributed by atoms with E-state index in [4.69, 9.17) is 5.73 Å². The lowest BCUT2D eigenvalue weighted by Crippen LogP contribution is -2.49. The van der Waals surface area contributed by atoms with Crippen LogP contribution in [0.3, 0.4) is 0 Å². The molecule has 1 aliphatic heterocycles. The molecule has 2 atom stereocenters. The largest absolute Gasteiger partial charge is 0.326 e. The van der Waals surface area contributed by atoms with E-state index in [9.17, 15) is 16.8 Å². The predicted octanol–water partition coefficient (Wildman–Crippen LogP) is -0.970. The van der Waals surface area contributed by atoms with Crippen LogP contribution in [0, 0.1) is 5.92 Å². The van der Waals surface area contributed by atoms with Gasteiger partial charge in [-0.1, -0.05) is 6.92 Å². The van der Waals surface area contributed by atoms with Gasteiger partial charge in [0, 0.05) is 25.4 Å². The maximum absolute atomic E-state index is 11.9. The fourth-order valence-electron chi connectivity index (χ4n) is 1.96. The summed E-state index contributed by atoms with van der Waals surface area (Å²) in [5.74, 6) is -0.479. The molecule has 0 aromatic carbocycles. The summed E-state index contributed by atoms with van der Waals surface area (Å²) < 4.78 is 47.1. The summed E-state index contributed by atoms with van der Waals surface area (Å²) in [7, 11) is -6.77. The molecular formula is C9H20N2O4S2. The number of rotatable bonds is 4. The van der Waals surface area contributed by atoms with Crippen LogP contribution < -0.4 is 5.73 Å². The first-order chi connectivity index (χ1) is 7.60. The first-order valence-corrected chi connectivity index (χ1v) is 9.18. The molecule has 2 N–H and O–H groups in total. The maximum Gasteiger partial charge on any atom is 0.215 e. The second-order valence-corrected chi connectivity index (χ2v) is 9.21. The van der Waals surface area contributed by atoms with Crippen molar-refractivity contribution in [1.29, 1.82) is 0 Å². The van der Waals surface area contributed by atoms with Gasteiger partial charge in [-0.2, -0.15) is 0 Å². The summed E-state index contributed by atoms with van der Waals surface area (Å²) in [6.07, 6.45) is 1.84. The molecule has 1 aliphatic rings. The zero-order valence-corrected chi connectivity index (χ0v) is 11.8. The molecular weight excluding hydrogens is 264 g/mol. The molecule has 17 heavy (non-hydrogen) atoms. The van der Waals surface area contributed by atoms with E-state index < -0.39 is 19.9 Å². The second-order valence-electron chi connectivity index (χ2n) is 4.86. The molecule has 0 bridgehead atoms. The van der Waals surface area contributed by atoms with Crippen molar-refractivity contribution >= 4 is 19.9 Å². The molecule has 1 heterocycles. The summed E-state index contributed by atoms with van der Waals surface area (Å²) in [4.78, 5) is 0. The highest BCUT2D eigenvalue weighted by Crippen LogP contribution is 2.18. The SMILES string of the molecule is CC1CC(N)CN(S(=O)(=O)CCS(C)(=O)=O)C1. The van der Waals surface area contributed by atoms with Gasteiger partial charge in [-0.15, -0.1) is 0 Å². The van der Waals surface area contributed by atoms with Gasteiger partial charge in [0.15, 0.2) is 0 Å². The average molecular weight is 284 g/mol. The first kappa shape index (κ1) is 14.9. The highest BCUT2D eigenvalue weighted by atomic mass is 32.2. The average Bonchev–Trinajstić information content (AvgIpc) is 2.12. The Morgan fingerprint density at radius 2 is 1.76 bits per heavy atom. The molecule has 8 heteroatoms. The molecule has 0 spiro atoms. The van der Waals surface area contributed by atoms with Gasteiger partial charge in [-0.3, -0.25) is 0 Å². The Morgan fingerprint density at radius 3 is 2.24 bits per heavy atom. The van der Waals surface area contributed by atoms with Gasteiger partial charge in [0.25, 0.3) is 0 Å². The zero-order chi connectivity index (χ0) is 13.3. The van der Waals surface area contributed by atoms with Crippen molar-refractivity contribution < 1.29 is 16.8 Å². The molecule has 0 saturated carbocycles. The maximum atomic E-state index is 11.9. The molecule has 0 aromatic rings. The predicted molar refractivity (Wildman–Crippen MR) is 66.8 cm³/mol. The van der Waals surface area contributed by atoms with Crippen molar-refractivity contribution in [3.63, 3.8) is 0 Å². The van der Waals surface area contributed by atoms with E-state index in [2.05, 4.69) is 0 Å². The number of piperidine rings is 1. The van der Waals surface area contributed by atoms with E-state index in [1.54, 1.807) is 0 Å². The monoisotopic (exact) mass is 284 g/mol. The van der Waals surface area contributed by atoms with E-state index in [1.165, 1.54) is 4.31 Å². The van der Waals surface area contributed by atoms with Crippen LogP contribution >= 0.6 is 0 Å². The minimum atomic E-state index is -3.51. The molecule has 1 saturated heterocycles. The fourth-order valence-corrected chi connectivity index (χ4v) is 5.17. The zero-order valence-electron chi connectivity index (χ0n) is 10.2. The lowest BCUT2D eigenvalue weighted by molar-refractivity contribution is 0.255. The van der Waals surface area contributed by atoms with E-state index in [-0.39, 0.29) is 30.0 Å². The van der Waals surface area contributed by atoms with Crippen LogP contribution in [0.25, 0.3) is 0 Å². The van der Waals surface area contributed by atoms with E-state index in [1.807, 2.05) is 6.92 Å². The van der Waals surface area contributed by atoms with Gasteiger partial charge in [-0.05, 0) is 12.3 Å². The van der Waals surface area contributed by atoms with Crippen LogP contribution in [-0.2, 0) is 19.9 Å². The number of hydrogen-bond donors (Lipinski definition) is 1. The van der Waals surface area contributed by atoms with Crippen LogP contribution in [0.4, 0.5) is 0 Å². The Labute approximate surface area is 103 Å². The number of nitrogens with zero attached hydrogens (tertiary/aromatic N) is 1. The van der Waals surface area contributed by atoms with Gasteiger partial charge in [-0.25, -0.2) is 21.1 Å². The van der Waals surface area contributed by atoms with Crippen molar-refractivity contribution in [1.82, 2.24) is 4.31 Å². The van der Waals surface area contributed by atoms with Gasteiger partial charge < -0.3 is 5.73 Å². The Bertz CT molecular complexity index is 447. The topological polar surface area (TPSA) is 97.5 Å². The fraction of sp³-hybridized carbons (Fsp3) is 1.00. The minimum Gasteiger partial charge on any atom is -0.326 e. The normalized spacial score (nSPS) is 28.2. The smallest absolute Gasteiger partial charge is 0.215 e. The first-order valence-electron chi connectivity index (χ1n) is 5.51. The van der Waals surface area contributed by atoms with Gasteiger partial charge >= 0.3 is 0 Å². The Kier molecular flexibility index (Phi) is 4.56. The summed E-state index contributed by atoms with van der Waals surface area (Å²) in [6, 6.07) is -0.160. The van der Waals surface area contributed by atoms with Gasteiger partial charge in [0.2, 0.25) is 10.0 Å². The molecule has 0 aliphatic carbocycles. The Morgan fingerprint density at radius 1 is 1.18 bits per heavy atom.